The molecule has 0 radical (unpaired) electrons. The topological polar surface area (TPSA) is 63.7 Å². The lowest BCUT2D eigenvalue weighted by Gasteiger charge is -2.13. The number of carbonyl (C=O) groups excluding carboxylic acids is 3. The normalized spacial score (nSPS) is 13.3. The molecule has 1 aliphatic heterocycles. The Labute approximate surface area is 129 Å². The summed E-state index contributed by atoms with van der Waals surface area (Å²) in [6.45, 7) is 1.34. The summed E-state index contributed by atoms with van der Waals surface area (Å²) in [4.78, 5) is 40.7. The molecular formula is C16H9F2NO4. The van der Waals surface area contributed by atoms with E-state index < -0.39 is 35.0 Å². The average molecular weight is 317 g/mol. The monoisotopic (exact) mass is 317 g/mol. The van der Waals surface area contributed by atoms with Crippen molar-refractivity contribution in [1.29, 1.82) is 0 Å². The number of aryl methyl sites for hydroxylation is 1. The van der Waals surface area contributed by atoms with Crippen molar-refractivity contribution >= 4 is 17.8 Å². The minimum atomic E-state index is -1.46. The van der Waals surface area contributed by atoms with E-state index in [2.05, 4.69) is 4.84 Å². The predicted octanol–water partition coefficient (Wildman–Crippen LogP) is 2.64. The minimum Gasteiger partial charge on any atom is -0.324 e. The van der Waals surface area contributed by atoms with E-state index in [1.165, 1.54) is 31.2 Å². The number of hydrogen-bond acceptors (Lipinski definition) is 4. The number of carbonyl (C=O) groups is 3. The van der Waals surface area contributed by atoms with Gasteiger partial charge >= 0.3 is 5.97 Å². The van der Waals surface area contributed by atoms with Gasteiger partial charge in [-0.1, -0.05) is 23.3 Å². The van der Waals surface area contributed by atoms with Crippen LogP contribution in [0.3, 0.4) is 0 Å². The molecule has 0 aromatic heterocycles. The molecule has 7 heteroatoms. The molecular weight excluding hydrogens is 308 g/mol. The van der Waals surface area contributed by atoms with Crippen LogP contribution in [0.25, 0.3) is 0 Å². The first-order valence-corrected chi connectivity index (χ1v) is 6.56. The SMILES string of the molecule is Cc1ccc(F)c(C(=O)ON2C(=O)c3ccccc3C2=O)c1F. The number of hydrogen-bond donors (Lipinski definition) is 0. The number of imide groups is 1. The number of fused-ring (bicyclic) bond motifs is 1. The smallest absolute Gasteiger partial charge is 0.324 e. The van der Waals surface area contributed by atoms with Gasteiger partial charge in [-0.2, -0.15) is 0 Å². The van der Waals surface area contributed by atoms with Gasteiger partial charge in [-0.15, -0.1) is 0 Å². The van der Waals surface area contributed by atoms with E-state index in [0.29, 0.717) is 0 Å². The lowest BCUT2D eigenvalue weighted by Crippen LogP contribution is -2.33. The Bertz CT molecular complexity index is 828. The van der Waals surface area contributed by atoms with E-state index in [9.17, 15) is 23.2 Å². The van der Waals surface area contributed by atoms with Crippen molar-refractivity contribution in [1.82, 2.24) is 5.06 Å². The number of nitrogens with zero attached hydrogens (tertiary/aromatic N) is 1. The van der Waals surface area contributed by atoms with Crippen molar-refractivity contribution in [3.8, 4) is 0 Å². The fraction of sp³-hybridized carbons (Fsp3) is 0.0625. The van der Waals surface area contributed by atoms with Crippen LogP contribution in [0.5, 0.6) is 0 Å². The molecule has 0 fully saturated rings. The fourth-order valence-electron chi connectivity index (χ4n) is 2.22. The van der Waals surface area contributed by atoms with Crippen LogP contribution in [0.1, 0.15) is 36.6 Å². The van der Waals surface area contributed by atoms with Crippen LogP contribution in [-0.2, 0) is 4.84 Å². The zero-order valence-electron chi connectivity index (χ0n) is 11.8. The third-order valence-corrected chi connectivity index (χ3v) is 3.42. The Balaban J connectivity index is 1.93. The number of hydroxylamine groups is 2. The first kappa shape index (κ1) is 14.8. The molecule has 2 aromatic rings. The van der Waals surface area contributed by atoms with Gasteiger partial charge in [-0.05, 0) is 30.7 Å². The van der Waals surface area contributed by atoms with Crippen LogP contribution in [0.15, 0.2) is 36.4 Å². The second kappa shape index (κ2) is 5.28. The number of halogens is 2. The summed E-state index contributed by atoms with van der Waals surface area (Å²) in [5.41, 5.74) is -0.826. The molecule has 0 atom stereocenters. The average Bonchev–Trinajstić information content (AvgIpc) is 2.77. The molecule has 0 N–H and O–H groups in total. The second-order valence-corrected chi connectivity index (χ2v) is 4.88. The molecule has 0 saturated carbocycles. The molecule has 23 heavy (non-hydrogen) atoms. The van der Waals surface area contributed by atoms with Gasteiger partial charge in [0.05, 0.1) is 11.1 Å². The molecule has 0 spiro atoms. The minimum absolute atomic E-state index is 0.0284. The number of rotatable bonds is 2. The van der Waals surface area contributed by atoms with Gasteiger partial charge < -0.3 is 4.84 Å². The zero-order chi connectivity index (χ0) is 16.7. The Kier molecular flexibility index (Phi) is 3.40. The lowest BCUT2D eigenvalue weighted by atomic mass is 10.1. The predicted molar refractivity (Wildman–Crippen MR) is 73.5 cm³/mol. The molecule has 0 aliphatic carbocycles. The summed E-state index contributed by atoms with van der Waals surface area (Å²) >= 11 is 0. The van der Waals surface area contributed by atoms with Crippen LogP contribution in [-0.4, -0.2) is 22.8 Å². The maximum Gasteiger partial charge on any atom is 0.369 e. The van der Waals surface area contributed by atoms with Crippen molar-refractivity contribution in [2.45, 2.75) is 6.92 Å². The highest BCUT2D eigenvalue weighted by Gasteiger charge is 2.39. The molecule has 0 unspecified atom stereocenters. The van der Waals surface area contributed by atoms with Crippen LogP contribution >= 0.6 is 0 Å². The summed E-state index contributed by atoms with van der Waals surface area (Å²) < 4.78 is 27.6. The highest BCUT2D eigenvalue weighted by molar-refractivity contribution is 6.21. The van der Waals surface area contributed by atoms with Crippen LogP contribution < -0.4 is 0 Å². The molecule has 2 amide bonds. The third-order valence-electron chi connectivity index (χ3n) is 3.42. The molecule has 5 nitrogen and oxygen atoms in total. The number of amides is 2. The molecule has 1 heterocycles. The largest absolute Gasteiger partial charge is 0.369 e. The van der Waals surface area contributed by atoms with Crippen molar-refractivity contribution in [2.24, 2.45) is 0 Å². The summed E-state index contributed by atoms with van der Waals surface area (Å²) in [6.07, 6.45) is 0. The third kappa shape index (κ3) is 2.26. The zero-order valence-corrected chi connectivity index (χ0v) is 11.8. The van der Waals surface area contributed by atoms with Gasteiger partial charge in [-0.25, -0.2) is 13.6 Å². The summed E-state index contributed by atoms with van der Waals surface area (Å²) in [7, 11) is 0. The Morgan fingerprint density at radius 1 is 1.00 bits per heavy atom. The van der Waals surface area contributed by atoms with Crippen LogP contribution in [0, 0.1) is 18.6 Å². The molecule has 1 aliphatic rings. The second-order valence-electron chi connectivity index (χ2n) is 4.88. The van der Waals surface area contributed by atoms with Gasteiger partial charge in [0.2, 0.25) is 0 Å². The van der Waals surface area contributed by atoms with Crippen molar-refractivity contribution < 1.29 is 28.0 Å². The van der Waals surface area contributed by atoms with Crippen LogP contribution in [0.4, 0.5) is 8.78 Å². The van der Waals surface area contributed by atoms with Gasteiger partial charge in [0.1, 0.15) is 17.2 Å². The van der Waals surface area contributed by atoms with E-state index in [0.717, 1.165) is 12.1 Å². The van der Waals surface area contributed by atoms with Gasteiger partial charge in [0.15, 0.2) is 0 Å². The highest BCUT2D eigenvalue weighted by Crippen LogP contribution is 2.24. The van der Waals surface area contributed by atoms with E-state index in [4.69, 9.17) is 0 Å². The van der Waals surface area contributed by atoms with E-state index in [1.807, 2.05) is 0 Å². The standard InChI is InChI=1S/C16H9F2NO4/c1-8-6-7-11(17)12(13(8)18)16(22)23-19-14(20)9-4-2-3-5-10(9)15(19)21/h2-7H,1H3. The van der Waals surface area contributed by atoms with Crippen LogP contribution in [0.2, 0.25) is 0 Å². The molecule has 116 valence electrons. The van der Waals surface area contributed by atoms with Crippen molar-refractivity contribution in [3.63, 3.8) is 0 Å². The summed E-state index contributed by atoms with van der Waals surface area (Å²) in [5, 5.41) is 0.203. The first-order valence-electron chi connectivity index (χ1n) is 6.56. The van der Waals surface area contributed by atoms with Crippen molar-refractivity contribution in [3.05, 3.63) is 70.3 Å². The Morgan fingerprint density at radius 2 is 1.57 bits per heavy atom. The first-order chi connectivity index (χ1) is 10.9. The molecule has 0 bridgehead atoms. The lowest BCUT2D eigenvalue weighted by molar-refractivity contribution is -0.0590. The Morgan fingerprint density at radius 3 is 2.13 bits per heavy atom. The quantitative estimate of drug-likeness (QED) is 0.799. The summed E-state index contributed by atoms with van der Waals surface area (Å²) in [5.74, 6) is -5.45. The number of benzene rings is 2. The molecule has 0 saturated heterocycles. The highest BCUT2D eigenvalue weighted by atomic mass is 19.1. The van der Waals surface area contributed by atoms with Crippen molar-refractivity contribution in [2.75, 3.05) is 0 Å². The Hall–Kier alpha value is -3.09. The van der Waals surface area contributed by atoms with E-state index in [1.54, 1.807) is 0 Å². The molecule has 3 rings (SSSR count). The van der Waals surface area contributed by atoms with Gasteiger partial charge in [0, 0.05) is 0 Å². The van der Waals surface area contributed by atoms with Gasteiger partial charge in [0.25, 0.3) is 11.8 Å². The summed E-state index contributed by atoms with van der Waals surface area (Å²) in [6, 6.07) is 7.90. The maximum atomic E-state index is 13.9. The maximum absolute atomic E-state index is 13.9. The molecule has 2 aromatic carbocycles. The fourth-order valence-corrected chi connectivity index (χ4v) is 2.22. The van der Waals surface area contributed by atoms with E-state index >= 15 is 0 Å². The van der Waals surface area contributed by atoms with E-state index in [-0.39, 0.29) is 21.8 Å². The van der Waals surface area contributed by atoms with Gasteiger partial charge in [-0.3, -0.25) is 9.59 Å².